The molecule has 0 unspecified atom stereocenters. The number of aromatic nitrogens is 3. The zero-order chi connectivity index (χ0) is 23.8. The normalized spacial score (nSPS) is 10.8. The van der Waals surface area contributed by atoms with Crippen molar-refractivity contribution in [1.82, 2.24) is 14.8 Å². The molecule has 0 saturated heterocycles. The van der Waals surface area contributed by atoms with Gasteiger partial charge in [0.15, 0.2) is 5.82 Å². The lowest BCUT2D eigenvalue weighted by Crippen LogP contribution is -2.12. The van der Waals surface area contributed by atoms with E-state index in [0.717, 1.165) is 28.1 Å². The SMILES string of the molecule is COCCOc1nc(-c2ccccc2C)n(-c2ccc(NC(=O)CCc3ccccc3)cc2)n1. The summed E-state index contributed by atoms with van der Waals surface area (Å²) in [5, 5.41) is 7.53. The van der Waals surface area contributed by atoms with Crippen molar-refractivity contribution >= 4 is 11.6 Å². The summed E-state index contributed by atoms with van der Waals surface area (Å²) in [6.45, 7) is 2.85. The van der Waals surface area contributed by atoms with Gasteiger partial charge in [0.2, 0.25) is 5.91 Å². The Hall–Kier alpha value is -3.97. The van der Waals surface area contributed by atoms with Crippen molar-refractivity contribution in [3.8, 4) is 23.1 Å². The summed E-state index contributed by atoms with van der Waals surface area (Å²) in [6, 6.07) is 25.8. The van der Waals surface area contributed by atoms with Crippen LogP contribution < -0.4 is 10.1 Å². The topological polar surface area (TPSA) is 78.3 Å². The van der Waals surface area contributed by atoms with Crippen molar-refractivity contribution in [2.45, 2.75) is 19.8 Å². The molecule has 0 spiro atoms. The number of anilines is 1. The Morgan fingerprint density at radius 1 is 0.941 bits per heavy atom. The van der Waals surface area contributed by atoms with E-state index in [9.17, 15) is 4.79 Å². The van der Waals surface area contributed by atoms with Crippen molar-refractivity contribution in [2.24, 2.45) is 0 Å². The number of amides is 1. The third-order valence-electron chi connectivity index (χ3n) is 5.37. The molecule has 0 aliphatic carbocycles. The maximum absolute atomic E-state index is 12.4. The third-order valence-corrected chi connectivity index (χ3v) is 5.37. The maximum Gasteiger partial charge on any atom is 0.336 e. The van der Waals surface area contributed by atoms with Gasteiger partial charge in [-0.3, -0.25) is 4.79 Å². The number of rotatable bonds is 10. The minimum Gasteiger partial charge on any atom is -0.460 e. The van der Waals surface area contributed by atoms with Gasteiger partial charge in [-0.1, -0.05) is 54.6 Å². The van der Waals surface area contributed by atoms with Crippen molar-refractivity contribution in [3.63, 3.8) is 0 Å². The largest absolute Gasteiger partial charge is 0.460 e. The van der Waals surface area contributed by atoms with Gasteiger partial charge in [-0.25, -0.2) is 4.68 Å². The molecular weight excluding hydrogens is 428 g/mol. The highest BCUT2D eigenvalue weighted by Gasteiger charge is 2.16. The molecule has 0 fully saturated rings. The Balaban J connectivity index is 1.50. The molecule has 3 aromatic carbocycles. The summed E-state index contributed by atoms with van der Waals surface area (Å²) in [6.07, 6.45) is 1.13. The molecule has 4 rings (SSSR count). The molecule has 4 aromatic rings. The number of nitrogens with one attached hydrogen (secondary N) is 1. The van der Waals surface area contributed by atoms with E-state index in [-0.39, 0.29) is 11.9 Å². The summed E-state index contributed by atoms with van der Waals surface area (Å²) in [4.78, 5) is 17.0. The van der Waals surface area contributed by atoms with Gasteiger partial charge in [-0.2, -0.15) is 4.98 Å². The monoisotopic (exact) mass is 456 g/mol. The molecule has 1 heterocycles. The van der Waals surface area contributed by atoms with Crippen LogP contribution in [0.4, 0.5) is 5.69 Å². The highest BCUT2D eigenvalue weighted by molar-refractivity contribution is 5.90. The van der Waals surface area contributed by atoms with Crippen molar-refractivity contribution in [2.75, 3.05) is 25.6 Å². The number of benzene rings is 3. The average Bonchev–Trinajstić information content (AvgIpc) is 3.28. The van der Waals surface area contributed by atoms with E-state index < -0.39 is 0 Å². The lowest BCUT2D eigenvalue weighted by Gasteiger charge is -2.09. The molecule has 7 heteroatoms. The first-order valence-electron chi connectivity index (χ1n) is 11.2. The molecule has 34 heavy (non-hydrogen) atoms. The Morgan fingerprint density at radius 2 is 1.68 bits per heavy atom. The van der Waals surface area contributed by atoms with Crippen LogP contribution in [0.25, 0.3) is 17.1 Å². The summed E-state index contributed by atoms with van der Waals surface area (Å²) < 4.78 is 12.5. The van der Waals surface area contributed by atoms with E-state index >= 15 is 0 Å². The molecule has 0 aliphatic heterocycles. The maximum atomic E-state index is 12.4. The Morgan fingerprint density at radius 3 is 2.41 bits per heavy atom. The summed E-state index contributed by atoms with van der Waals surface area (Å²) in [5.74, 6) is 0.664. The van der Waals surface area contributed by atoms with Gasteiger partial charge in [0.1, 0.15) is 6.61 Å². The average molecular weight is 457 g/mol. The Bertz CT molecular complexity index is 1220. The van der Waals surface area contributed by atoms with Crippen molar-refractivity contribution in [3.05, 3.63) is 90.0 Å². The van der Waals surface area contributed by atoms with Crippen LogP contribution in [0, 0.1) is 6.92 Å². The fourth-order valence-electron chi connectivity index (χ4n) is 3.56. The fraction of sp³-hybridized carbons (Fsp3) is 0.222. The first-order chi connectivity index (χ1) is 16.6. The second kappa shape index (κ2) is 11.2. The van der Waals surface area contributed by atoms with E-state index in [2.05, 4.69) is 15.4 Å². The van der Waals surface area contributed by atoms with Crippen LogP contribution >= 0.6 is 0 Å². The molecule has 0 saturated carbocycles. The second-order valence-corrected chi connectivity index (χ2v) is 7.87. The lowest BCUT2D eigenvalue weighted by molar-refractivity contribution is -0.116. The van der Waals surface area contributed by atoms with Crippen LogP contribution in [-0.4, -0.2) is 41.0 Å². The molecule has 7 nitrogen and oxygen atoms in total. The number of aryl methyl sites for hydroxylation is 2. The number of carbonyl (C=O) groups is 1. The zero-order valence-electron chi connectivity index (χ0n) is 19.4. The first kappa shape index (κ1) is 23.2. The third kappa shape index (κ3) is 5.88. The zero-order valence-corrected chi connectivity index (χ0v) is 19.4. The number of nitrogens with zero attached hydrogens (tertiary/aromatic N) is 3. The quantitative estimate of drug-likeness (QED) is 0.346. The minimum absolute atomic E-state index is 0.0215. The molecule has 0 radical (unpaired) electrons. The van der Waals surface area contributed by atoms with E-state index in [1.165, 1.54) is 0 Å². The van der Waals surface area contributed by atoms with E-state index in [0.29, 0.717) is 31.9 Å². The van der Waals surface area contributed by atoms with Gasteiger partial charge in [-0.05, 0) is 48.7 Å². The fourth-order valence-corrected chi connectivity index (χ4v) is 3.56. The van der Waals surface area contributed by atoms with Crippen LogP contribution in [0.1, 0.15) is 17.5 Å². The number of hydrogen-bond acceptors (Lipinski definition) is 5. The predicted octanol–water partition coefficient (Wildman–Crippen LogP) is 4.84. The van der Waals surface area contributed by atoms with Crippen molar-refractivity contribution in [1.29, 1.82) is 0 Å². The first-order valence-corrected chi connectivity index (χ1v) is 11.2. The van der Waals surface area contributed by atoms with Crippen LogP contribution in [0.3, 0.4) is 0 Å². The summed E-state index contributed by atoms with van der Waals surface area (Å²) in [7, 11) is 1.62. The Labute approximate surface area is 199 Å². The highest BCUT2D eigenvalue weighted by atomic mass is 16.5. The van der Waals surface area contributed by atoms with Gasteiger partial charge >= 0.3 is 6.01 Å². The summed E-state index contributed by atoms with van der Waals surface area (Å²) >= 11 is 0. The van der Waals surface area contributed by atoms with Gasteiger partial charge in [0, 0.05) is 24.8 Å². The number of carbonyl (C=O) groups excluding carboxylic acids is 1. The van der Waals surface area contributed by atoms with Crippen LogP contribution in [0.2, 0.25) is 0 Å². The molecule has 1 N–H and O–H groups in total. The standard InChI is InChI=1S/C27H28N4O3/c1-20-8-6-7-11-24(20)26-29-27(34-19-18-33-2)30-31(26)23-15-13-22(14-16-23)28-25(32)17-12-21-9-4-3-5-10-21/h3-11,13-16H,12,17-19H2,1-2H3,(H,28,32). The number of methoxy groups -OCH3 is 1. The summed E-state index contributed by atoms with van der Waals surface area (Å²) in [5.41, 5.74) is 4.74. The van der Waals surface area contributed by atoms with Crippen LogP contribution in [0.5, 0.6) is 6.01 Å². The van der Waals surface area contributed by atoms with Gasteiger partial charge in [-0.15, -0.1) is 5.10 Å². The molecular formula is C27H28N4O3. The van der Waals surface area contributed by atoms with E-state index in [4.69, 9.17) is 9.47 Å². The predicted molar refractivity (Wildman–Crippen MR) is 132 cm³/mol. The van der Waals surface area contributed by atoms with Gasteiger partial charge < -0.3 is 14.8 Å². The Kier molecular flexibility index (Phi) is 7.67. The van der Waals surface area contributed by atoms with Crippen LogP contribution in [-0.2, 0) is 16.0 Å². The van der Waals surface area contributed by atoms with E-state index in [1.807, 2.05) is 85.8 Å². The molecule has 0 aliphatic rings. The molecule has 1 aromatic heterocycles. The van der Waals surface area contributed by atoms with E-state index in [1.54, 1.807) is 11.8 Å². The molecule has 174 valence electrons. The molecule has 0 bridgehead atoms. The highest BCUT2D eigenvalue weighted by Crippen LogP contribution is 2.27. The molecule has 0 atom stereocenters. The lowest BCUT2D eigenvalue weighted by atomic mass is 10.1. The number of hydrogen-bond donors (Lipinski definition) is 1. The smallest absolute Gasteiger partial charge is 0.336 e. The van der Waals surface area contributed by atoms with Crippen LogP contribution in [0.15, 0.2) is 78.9 Å². The molecule has 1 amide bonds. The van der Waals surface area contributed by atoms with Gasteiger partial charge in [0.05, 0.1) is 12.3 Å². The second-order valence-electron chi connectivity index (χ2n) is 7.87. The number of ether oxygens (including phenoxy) is 2. The van der Waals surface area contributed by atoms with Crippen molar-refractivity contribution < 1.29 is 14.3 Å². The van der Waals surface area contributed by atoms with Gasteiger partial charge in [0.25, 0.3) is 0 Å². The minimum atomic E-state index is -0.0215.